The molecule has 0 saturated carbocycles. The minimum Gasteiger partial charge on any atom is -0.306 e. The average molecular weight is 330 g/mol. The fourth-order valence-electron chi connectivity index (χ4n) is 2.01. The fraction of sp³-hybridized carbons (Fsp3) is 0.308. The van der Waals surface area contributed by atoms with Gasteiger partial charge in [0.25, 0.3) is 0 Å². The molecular formula is C13H14BrF2N3. The summed E-state index contributed by atoms with van der Waals surface area (Å²) in [6, 6.07) is 1.98. The van der Waals surface area contributed by atoms with Crippen LogP contribution in [0.1, 0.15) is 24.1 Å². The maximum atomic E-state index is 14.0. The van der Waals surface area contributed by atoms with Gasteiger partial charge in [-0.3, -0.25) is 4.68 Å². The van der Waals surface area contributed by atoms with E-state index in [-0.39, 0.29) is 5.56 Å². The van der Waals surface area contributed by atoms with Crippen molar-refractivity contribution in [1.82, 2.24) is 15.1 Å². The van der Waals surface area contributed by atoms with Crippen LogP contribution in [0.4, 0.5) is 8.78 Å². The molecule has 0 amide bonds. The van der Waals surface area contributed by atoms with Gasteiger partial charge < -0.3 is 5.32 Å². The minimum atomic E-state index is -0.582. The molecule has 1 atom stereocenters. The Hall–Kier alpha value is -1.27. The van der Waals surface area contributed by atoms with Crippen molar-refractivity contribution in [2.45, 2.75) is 13.0 Å². The summed E-state index contributed by atoms with van der Waals surface area (Å²) in [6.45, 7) is 2.48. The summed E-state index contributed by atoms with van der Waals surface area (Å²) < 4.78 is 30.1. The maximum absolute atomic E-state index is 14.0. The quantitative estimate of drug-likeness (QED) is 0.933. The van der Waals surface area contributed by atoms with Gasteiger partial charge in [0, 0.05) is 28.8 Å². The first-order chi connectivity index (χ1) is 9.02. The van der Waals surface area contributed by atoms with Crippen LogP contribution < -0.4 is 5.32 Å². The molecule has 2 aromatic rings. The van der Waals surface area contributed by atoms with E-state index < -0.39 is 17.7 Å². The summed E-state index contributed by atoms with van der Waals surface area (Å²) in [4.78, 5) is 0. The van der Waals surface area contributed by atoms with Crippen molar-refractivity contribution in [1.29, 1.82) is 0 Å². The molecule has 0 radical (unpaired) electrons. The van der Waals surface area contributed by atoms with E-state index in [4.69, 9.17) is 0 Å². The molecule has 0 spiro atoms. The Morgan fingerprint density at radius 2 is 2.00 bits per heavy atom. The number of benzene rings is 1. The van der Waals surface area contributed by atoms with Crippen LogP contribution in [-0.4, -0.2) is 16.3 Å². The monoisotopic (exact) mass is 329 g/mol. The SMILES string of the molecule is CCNC(c1cnn(C)c1)c1c(F)cc(Br)cc1F. The van der Waals surface area contributed by atoms with Gasteiger partial charge in [-0.2, -0.15) is 5.10 Å². The van der Waals surface area contributed by atoms with Crippen molar-refractivity contribution >= 4 is 15.9 Å². The molecule has 1 unspecified atom stereocenters. The highest BCUT2D eigenvalue weighted by Gasteiger charge is 2.23. The van der Waals surface area contributed by atoms with Gasteiger partial charge >= 0.3 is 0 Å². The molecule has 0 aliphatic rings. The molecule has 19 heavy (non-hydrogen) atoms. The van der Waals surface area contributed by atoms with Crippen LogP contribution in [0.3, 0.4) is 0 Å². The first kappa shape index (κ1) is 14.1. The van der Waals surface area contributed by atoms with Gasteiger partial charge in [-0.1, -0.05) is 22.9 Å². The van der Waals surface area contributed by atoms with Gasteiger partial charge in [0.15, 0.2) is 0 Å². The lowest BCUT2D eigenvalue weighted by molar-refractivity contribution is 0.509. The highest BCUT2D eigenvalue weighted by atomic mass is 79.9. The normalized spacial score (nSPS) is 12.7. The molecule has 1 heterocycles. The molecule has 1 aromatic heterocycles. The van der Waals surface area contributed by atoms with Crippen LogP contribution in [0.5, 0.6) is 0 Å². The van der Waals surface area contributed by atoms with Crippen LogP contribution in [0.15, 0.2) is 29.0 Å². The third-order valence-corrected chi connectivity index (χ3v) is 3.26. The zero-order valence-electron chi connectivity index (χ0n) is 10.6. The van der Waals surface area contributed by atoms with Gasteiger partial charge in [-0.05, 0) is 18.7 Å². The first-order valence-corrected chi connectivity index (χ1v) is 6.68. The van der Waals surface area contributed by atoms with Crippen molar-refractivity contribution < 1.29 is 8.78 Å². The summed E-state index contributed by atoms with van der Waals surface area (Å²) >= 11 is 3.08. The Morgan fingerprint density at radius 1 is 1.37 bits per heavy atom. The summed E-state index contributed by atoms with van der Waals surface area (Å²) in [5.74, 6) is -1.16. The molecule has 0 aliphatic carbocycles. The molecule has 0 bridgehead atoms. The van der Waals surface area contributed by atoms with Crippen LogP contribution in [0.25, 0.3) is 0 Å². The molecule has 0 fully saturated rings. The van der Waals surface area contributed by atoms with Crippen molar-refractivity contribution in [2.75, 3.05) is 6.54 Å². The molecule has 6 heteroatoms. The fourth-order valence-corrected chi connectivity index (χ4v) is 2.41. The van der Waals surface area contributed by atoms with E-state index in [9.17, 15) is 8.78 Å². The van der Waals surface area contributed by atoms with Crippen molar-refractivity contribution in [2.24, 2.45) is 7.05 Å². The number of nitrogens with one attached hydrogen (secondary N) is 1. The molecule has 2 rings (SSSR count). The summed E-state index contributed by atoms with van der Waals surface area (Å²) in [5.41, 5.74) is 0.738. The topological polar surface area (TPSA) is 29.9 Å². The lowest BCUT2D eigenvalue weighted by atomic mass is 10.0. The Labute approximate surface area is 118 Å². The number of aryl methyl sites for hydroxylation is 1. The van der Waals surface area contributed by atoms with E-state index in [0.29, 0.717) is 11.0 Å². The Morgan fingerprint density at radius 3 is 2.47 bits per heavy atom. The number of hydrogen-bond donors (Lipinski definition) is 1. The Bertz CT molecular complexity index is 560. The predicted octanol–water partition coefficient (Wildman–Crippen LogP) is 3.16. The van der Waals surface area contributed by atoms with Gasteiger partial charge in [0.05, 0.1) is 12.2 Å². The number of rotatable bonds is 4. The van der Waals surface area contributed by atoms with Gasteiger partial charge in [-0.25, -0.2) is 8.78 Å². The largest absolute Gasteiger partial charge is 0.306 e. The number of hydrogen-bond acceptors (Lipinski definition) is 2. The second-order valence-corrected chi connectivity index (χ2v) is 5.14. The van der Waals surface area contributed by atoms with Gasteiger partial charge in [0.2, 0.25) is 0 Å². The average Bonchev–Trinajstić information content (AvgIpc) is 2.73. The van der Waals surface area contributed by atoms with E-state index in [2.05, 4.69) is 26.3 Å². The first-order valence-electron chi connectivity index (χ1n) is 5.89. The van der Waals surface area contributed by atoms with E-state index >= 15 is 0 Å². The van der Waals surface area contributed by atoms with Gasteiger partial charge in [-0.15, -0.1) is 0 Å². The third kappa shape index (κ3) is 3.01. The minimum absolute atomic E-state index is 0.0121. The zero-order valence-corrected chi connectivity index (χ0v) is 12.2. The molecule has 0 saturated heterocycles. The maximum Gasteiger partial charge on any atom is 0.132 e. The number of nitrogens with zero attached hydrogens (tertiary/aromatic N) is 2. The molecule has 1 N–H and O–H groups in total. The zero-order chi connectivity index (χ0) is 14.0. The number of halogens is 3. The van der Waals surface area contributed by atoms with Crippen LogP contribution >= 0.6 is 15.9 Å². The third-order valence-electron chi connectivity index (χ3n) is 2.80. The second-order valence-electron chi connectivity index (χ2n) is 4.22. The summed E-state index contributed by atoms with van der Waals surface area (Å²) in [5, 5.41) is 7.13. The highest BCUT2D eigenvalue weighted by molar-refractivity contribution is 9.10. The smallest absolute Gasteiger partial charge is 0.132 e. The van der Waals surface area contributed by atoms with Crippen molar-refractivity contribution in [3.8, 4) is 0 Å². The molecule has 1 aromatic carbocycles. The molecular weight excluding hydrogens is 316 g/mol. The van der Waals surface area contributed by atoms with E-state index in [1.54, 1.807) is 24.1 Å². The predicted molar refractivity (Wildman–Crippen MR) is 72.8 cm³/mol. The molecule has 102 valence electrons. The van der Waals surface area contributed by atoms with Gasteiger partial charge in [0.1, 0.15) is 11.6 Å². The lowest BCUT2D eigenvalue weighted by Gasteiger charge is -2.18. The highest BCUT2D eigenvalue weighted by Crippen LogP contribution is 2.29. The Kier molecular flexibility index (Phi) is 4.31. The van der Waals surface area contributed by atoms with Crippen LogP contribution in [0.2, 0.25) is 0 Å². The second kappa shape index (κ2) is 5.79. The Balaban J connectivity index is 2.51. The van der Waals surface area contributed by atoms with E-state index in [0.717, 1.165) is 5.56 Å². The van der Waals surface area contributed by atoms with Crippen molar-refractivity contribution in [3.63, 3.8) is 0 Å². The summed E-state index contributed by atoms with van der Waals surface area (Å²) in [6.07, 6.45) is 3.35. The molecule has 3 nitrogen and oxygen atoms in total. The van der Waals surface area contributed by atoms with Crippen LogP contribution in [0, 0.1) is 11.6 Å². The van der Waals surface area contributed by atoms with E-state index in [1.165, 1.54) is 12.1 Å². The standard InChI is InChI=1S/C13H14BrF2N3/c1-3-17-13(8-6-18-19(2)7-8)12-10(15)4-9(14)5-11(12)16/h4-7,13,17H,3H2,1-2H3. The number of aromatic nitrogens is 2. The summed E-state index contributed by atoms with van der Waals surface area (Å²) in [7, 11) is 1.76. The van der Waals surface area contributed by atoms with Crippen LogP contribution in [-0.2, 0) is 7.05 Å². The lowest BCUT2D eigenvalue weighted by Crippen LogP contribution is -2.24. The van der Waals surface area contributed by atoms with Crippen molar-refractivity contribution in [3.05, 3.63) is 51.8 Å². The molecule has 0 aliphatic heterocycles. The van der Waals surface area contributed by atoms with E-state index in [1.807, 2.05) is 6.92 Å².